The van der Waals surface area contributed by atoms with Gasteiger partial charge in [0.2, 0.25) is 10.9 Å². The van der Waals surface area contributed by atoms with Gasteiger partial charge in [-0.25, -0.2) is 0 Å². The van der Waals surface area contributed by atoms with E-state index in [-0.39, 0.29) is 17.1 Å². The van der Waals surface area contributed by atoms with Gasteiger partial charge in [0.15, 0.2) is 5.43 Å². The summed E-state index contributed by atoms with van der Waals surface area (Å²) in [6, 6.07) is 12.6. The molecule has 0 fully saturated rings. The van der Waals surface area contributed by atoms with E-state index < -0.39 is 6.04 Å². The van der Waals surface area contributed by atoms with Crippen LogP contribution in [0.5, 0.6) is 0 Å². The minimum Gasteiger partial charge on any atom is -0.450 e. The molecule has 0 spiro atoms. The predicted octanol–water partition coefficient (Wildman–Crippen LogP) is 4.57. The van der Waals surface area contributed by atoms with Gasteiger partial charge in [0.25, 0.3) is 5.91 Å². The van der Waals surface area contributed by atoms with Crippen LogP contribution in [0.1, 0.15) is 50.8 Å². The van der Waals surface area contributed by atoms with E-state index in [0.29, 0.717) is 21.7 Å². The third-order valence-electron chi connectivity index (χ3n) is 5.38. The second-order valence-electron chi connectivity index (χ2n) is 7.49. The van der Waals surface area contributed by atoms with Crippen LogP contribution in [0.4, 0.5) is 5.13 Å². The molecule has 0 saturated carbocycles. The first-order valence-electron chi connectivity index (χ1n) is 9.77. The molecule has 5 rings (SSSR count). The summed E-state index contributed by atoms with van der Waals surface area (Å²) in [7, 11) is 0. The second-order valence-corrected chi connectivity index (χ2v) is 8.53. The normalized spacial score (nSPS) is 15.8. The quantitative estimate of drug-likeness (QED) is 0.488. The highest BCUT2D eigenvalue weighted by Gasteiger charge is 2.45. The fraction of sp³-hybridized carbons (Fsp3) is 0.217. The fourth-order valence-electron chi connectivity index (χ4n) is 3.83. The molecule has 0 N–H and O–H groups in total. The lowest BCUT2D eigenvalue weighted by atomic mass is 9.97. The number of nitrogens with zero attached hydrogens (tertiary/aromatic N) is 3. The van der Waals surface area contributed by atoms with Gasteiger partial charge in [-0.05, 0) is 38.0 Å². The number of carbonyl (C=O) groups is 1. The van der Waals surface area contributed by atoms with Gasteiger partial charge >= 0.3 is 0 Å². The zero-order valence-corrected chi connectivity index (χ0v) is 17.6. The molecular formula is C23H19N3O3S. The van der Waals surface area contributed by atoms with Crippen molar-refractivity contribution in [2.24, 2.45) is 0 Å². The Bertz CT molecular complexity index is 1350. The minimum absolute atomic E-state index is 0.0789. The maximum absolute atomic E-state index is 13.5. The van der Waals surface area contributed by atoms with Crippen LogP contribution in [0.15, 0.2) is 51.7 Å². The van der Waals surface area contributed by atoms with Gasteiger partial charge in [-0.15, -0.1) is 10.2 Å². The Kier molecular flexibility index (Phi) is 4.29. The van der Waals surface area contributed by atoms with E-state index in [1.165, 1.54) is 11.3 Å². The highest BCUT2D eigenvalue weighted by atomic mass is 32.1. The van der Waals surface area contributed by atoms with Crippen molar-refractivity contribution in [3.8, 4) is 0 Å². The molecule has 1 unspecified atom stereocenters. The lowest BCUT2D eigenvalue weighted by Gasteiger charge is -2.22. The first-order chi connectivity index (χ1) is 14.5. The Labute approximate surface area is 176 Å². The summed E-state index contributed by atoms with van der Waals surface area (Å²) in [5, 5.41) is 10.2. The Balaban J connectivity index is 1.80. The molecule has 0 bridgehead atoms. The maximum atomic E-state index is 13.5. The Morgan fingerprint density at radius 3 is 2.47 bits per heavy atom. The van der Waals surface area contributed by atoms with E-state index in [1.54, 1.807) is 17.0 Å². The zero-order valence-electron chi connectivity index (χ0n) is 16.8. The smallest absolute Gasteiger partial charge is 0.297 e. The van der Waals surface area contributed by atoms with E-state index in [0.717, 1.165) is 28.1 Å². The van der Waals surface area contributed by atoms with Crippen LogP contribution in [-0.4, -0.2) is 16.1 Å². The van der Waals surface area contributed by atoms with Crippen LogP contribution in [0.2, 0.25) is 0 Å². The van der Waals surface area contributed by atoms with Crippen molar-refractivity contribution in [1.82, 2.24) is 10.2 Å². The molecule has 150 valence electrons. The van der Waals surface area contributed by atoms with Crippen LogP contribution in [0.25, 0.3) is 11.0 Å². The summed E-state index contributed by atoms with van der Waals surface area (Å²) < 4.78 is 5.98. The van der Waals surface area contributed by atoms with Crippen LogP contribution < -0.4 is 10.3 Å². The SMILES string of the molecule is CCc1nnc(N2C(=O)c3oc4ccc(C)cc4c(=O)c3C2c2ccc(C)cc2)s1. The molecule has 1 aliphatic heterocycles. The third-order valence-corrected chi connectivity index (χ3v) is 6.45. The van der Waals surface area contributed by atoms with Crippen LogP contribution in [-0.2, 0) is 6.42 Å². The zero-order chi connectivity index (χ0) is 21.0. The lowest BCUT2D eigenvalue weighted by Crippen LogP contribution is -2.29. The minimum atomic E-state index is -0.605. The fourth-order valence-corrected chi connectivity index (χ4v) is 4.64. The number of aromatic nitrogens is 2. The number of anilines is 1. The van der Waals surface area contributed by atoms with Crippen molar-refractivity contribution in [1.29, 1.82) is 0 Å². The molecule has 1 aliphatic rings. The maximum Gasteiger partial charge on any atom is 0.297 e. The molecule has 0 aliphatic carbocycles. The standard InChI is InChI=1S/C23H19N3O3S/c1-4-17-24-25-23(30-17)26-19(14-8-5-12(2)6-9-14)18-20(27)15-11-13(3)7-10-16(15)29-21(18)22(26)28/h5-11,19H,4H2,1-3H3. The average molecular weight is 417 g/mol. The van der Waals surface area contributed by atoms with Gasteiger partial charge < -0.3 is 4.42 Å². The summed E-state index contributed by atoms with van der Waals surface area (Å²) in [6.45, 7) is 5.91. The number of aryl methyl sites for hydroxylation is 3. The second kappa shape index (κ2) is 6.88. The Hall–Kier alpha value is -3.32. The summed E-state index contributed by atoms with van der Waals surface area (Å²) in [4.78, 5) is 28.5. The number of hydrogen-bond donors (Lipinski definition) is 0. The lowest BCUT2D eigenvalue weighted by molar-refractivity contribution is 0.0970. The van der Waals surface area contributed by atoms with Gasteiger partial charge in [-0.3, -0.25) is 14.5 Å². The summed E-state index contributed by atoms with van der Waals surface area (Å²) in [5.41, 5.74) is 3.47. The Morgan fingerprint density at radius 1 is 1.03 bits per heavy atom. The third kappa shape index (κ3) is 2.77. The average Bonchev–Trinajstić information content (AvgIpc) is 3.32. The van der Waals surface area contributed by atoms with Crippen LogP contribution in [0.3, 0.4) is 0 Å². The number of hydrogen-bond acceptors (Lipinski definition) is 6. The van der Waals surface area contributed by atoms with Gasteiger partial charge in [-0.1, -0.05) is 59.7 Å². The van der Waals surface area contributed by atoms with Gasteiger partial charge in [0.05, 0.1) is 17.0 Å². The molecule has 2 aromatic carbocycles. The first-order valence-corrected chi connectivity index (χ1v) is 10.6. The van der Waals surface area contributed by atoms with E-state index in [2.05, 4.69) is 10.2 Å². The molecule has 1 amide bonds. The summed E-state index contributed by atoms with van der Waals surface area (Å²) in [5.74, 6) is -0.288. The molecule has 7 heteroatoms. The summed E-state index contributed by atoms with van der Waals surface area (Å²) in [6.07, 6.45) is 0.724. The number of amides is 1. The highest BCUT2D eigenvalue weighted by Crippen LogP contribution is 2.42. The van der Waals surface area contributed by atoms with Crippen molar-refractivity contribution in [3.63, 3.8) is 0 Å². The molecule has 4 aromatic rings. The van der Waals surface area contributed by atoms with E-state index in [9.17, 15) is 9.59 Å². The molecular weight excluding hydrogens is 398 g/mol. The van der Waals surface area contributed by atoms with Crippen molar-refractivity contribution in [2.45, 2.75) is 33.2 Å². The molecule has 3 heterocycles. The van der Waals surface area contributed by atoms with Gasteiger partial charge in [0, 0.05) is 0 Å². The molecule has 1 atom stereocenters. The van der Waals surface area contributed by atoms with Crippen molar-refractivity contribution < 1.29 is 9.21 Å². The monoisotopic (exact) mass is 417 g/mol. The van der Waals surface area contributed by atoms with E-state index in [1.807, 2.05) is 51.1 Å². The number of rotatable bonds is 3. The number of benzene rings is 2. The van der Waals surface area contributed by atoms with Gasteiger partial charge in [-0.2, -0.15) is 0 Å². The van der Waals surface area contributed by atoms with Crippen LogP contribution in [0, 0.1) is 13.8 Å². The topological polar surface area (TPSA) is 76.3 Å². The van der Waals surface area contributed by atoms with Crippen molar-refractivity contribution in [3.05, 3.63) is 85.7 Å². The number of carbonyl (C=O) groups excluding carboxylic acids is 1. The van der Waals surface area contributed by atoms with E-state index in [4.69, 9.17) is 4.42 Å². The van der Waals surface area contributed by atoms with E-state index >= 15 is 0 Å². The molecule has 2 aromatic heterocycles. The molecule has 0 radical (unpaired) electrons. The summed E-state index contributed by atoms with van der Waals surface area (Å²) >= 11 is 1.36. The number of fused-ring (bicyclic) bond motifs is 2. The largest absolute Gasteiger partial charge is 0.450 e. The highest BCUT2D eigenvalue weighted by molar-refractivity contribution is 7.15. The first kappa shape index (κ1) is 18.7. The van der Waals surface area contributed by atoms with Crippen molar-refractivity contribution >= 4 is 33.3 Å². The predicted molar refractivity (Wildman–Crippen MR) is 116 cm³/mol. The van der Waals surface area contributed by atoms with Gasteiger partial charge in [0.1, 0.15) is 10.6 Å². The Morgan fingerprint density at radius 2 is 1.77 bits per heavy atom. The molecule has 30 heavy (non-hydrogen) atoms. The molecule has 6 nitrogen and oxygen atoms in total. The van der Waals surface area contributed by atoms with Crippen molar-refractivity contribution in [2.75, 3.05) is 4.90 Å². The molecule has 0 saturated heterocycles. The van der Waals surface area contributed by atoms with Crippen LogP contribution >= 0.6 is 11.3 Å².